The molecule has 1 atom stereocenters. The van der Waals surface area contributed by atoms with E-state index in [0.717, 1.165) is 11.1 Å². The Hall–Kier alpha value is -2.03. The summed E-state index contributed by atoms with van der Waals surface area (Å²) in [6.07, 6.45) is 0.174. The maximum atomic E-state index is 12.6. The highest BCUT2D eigenvalue weighted by molar-refractivity contribution is 5.84. The summed E-state index contributed by atoms with van der Waals surface area (Å²) in [5.74, 6) is 1.50. The molecule has 0 spiro atoms. The lowest BCUT2D eigenvalue weighted by molar-refractivity contribution is -0.129. The molecular formula is C21H29NO2. The molecule has 3 heteroatoms. The molecule has 0 radical (unpaired) electrons. The Morgan fingerprint density at radius 1 is 1.00 bits per heavy atom. The quantitative estimate of drug-likeness (QED) is 0.793. The Kier molecular flexibility index (Phi) is 6.24. The highest BCUT2D eigenvalue weighted by Crippen LogP contribution is 2.22. The molecule has 0 heterocycles. The van der Waals surface area contributed by atoms with Gasteiger partial charge in [0.05, 0.1) is 0 Å². The van der Waals surface area contributed by atoms with Crippen molar-refractivity contribution >= 4 is 16.7 Å². The first-order valence-electron chi connectivity index (χ1n) is 8.88. The van der Waals surface area contributed by atoms with Crippen LogP contribution in [0.25, 0.3) is 10.8 Å². The molecular weight excluding hydrogens is 298 g/mol. The van der Waals surface area contributed by atoms with Crippen LogP contribution in [-0.2, 0) is 4.79 Å². The van der Waals surface area contributed by atoms with Crippen molar-refractivity contribution in [1.29, 1.82) is 0 Å². The van der Waals surface area contributed by atoms with Crippen molar-refractivity contribution in [3.8, 4) is 5.75 Å². The van der Waals surface area contributed by atoms with Gasteiger partial charge in [0.15, 0.2) is 6.10 Å². The molecule has 0 aliphatic carbocycles. The zero-order valence-electron chi connectivity index (χ0n) is 15.4. The molecule has 0 saturated heterocycles. The Morgan fingerprint density at radius 3 is 2.21 bits per heavy atom. The lowest BCUT2D eigenvalue weighted by Crippen LogP contribution is -2.48. The summed E-state index contributed by atoms with van der Waals surface area (Å²) in [6.45, 7) is 10.5. The van der Waals surface area contributed by atoms with Crippen LogP contribution < -0.4 is 10.1 Å². The van der Waals surface area contributed by atoms with Gasteiger partial charge in [-0.15, -0.1) is 0 Å². The first kappa shape index (κ1) is 18.3. The van der Waals surface area contributed by atoms with Crippen LogP contribution in [0, 0.1) is 11.8 Å². The number of ether oxygens (including phenoxy) is 1. The number of hydrogen-bond donors (Lipinski definition) is 1. The van der Waals surface area contributed by atoms with E-state index in [1.807, 2.05) is 37.3 Å². The zero-order chi connectivity index (χ0) is 17.7. The average Bonchev–Trinajstić information content (AvgIpc) is 2.56. The predicted molar refractivity (Wildman–Crippen MR) is 100 cm³/mol. The molecule has 2 aromatic rings. The van der Waals surface area contributed by atoms with E-state index in [2.05, 4.69) is 45.1 Å². The van der Waals surface area contributed by atoms with Gasteiger partial charge in [-0.3, -0.25) is 4.79 Å². The van der Waals surface area contributed by atoms with E-state index in [9.17, 15) is 4.79 Å². The zero-order valence-corrected chi connectivity index (χ0v) is 15.4. The standard InChI is InChI=1S/C21H29NO2/c1-6-19(21(23)22-20(14(2)3)15(4)5)24-18-12-11-16-9-7-8-10-17(16)13-18/h7-15,19-20H,6H2,1-5H3,(H,22,23)/t19-/m1/s1. The summed E-state index contributed by atoms with van der Waals surface area (Å²) >= 11 is 0. The molecule has 1 N–H and O–H groups in total. The van der Waals surface area contributed by atoms with Gasteiger partial charge in [0, 0.05) is 6.04 Å². The van der Waals surface area contributed by atoms with Crippen molar-refractivity contribution in [2.24, 2.45) is 11.8 Å². The molecule has 2 aromatic carbocycles. The van der Waals surface area contributed by atoms with Crippen molar-refractivity contribution in [2.45, 2.75) is 53.2 Å². The maximum Gasteiger partial charge on any atom is 0.261 e. The van der Waals surface area contributed by atoms with Crippen molar-refractivity contribution in [1.82, 2.24) is 5.32 Å². The minimum absolute atomic E-state index is 0.0296. The fourth-order valence-corrected chi connectivity index (χ4v) is 3.09. The number of amides is 1. The van der Waals surface area contributed by atoms with Crippen molar-refractivity contribution in [2.75, 3.05) is 0 Å². The number of rotatable bonds is 7. The van der Waals surface area contributed by atoms with Crippen LogP contribution in [0.4, 0.5) is 0 Å². The molecule has 0 aromatic heterocycles. The molecule has 0 unspecified atom stereocenters. The van der Waals surface area contributed by atoms with Gasteiger partial charge < -0.3 is 10.1 Å². The topological polar surface area (TPSA) is 38.3 Å². The van der Waals surface area contributed by atoms with E-state index in [4.69, 9.17) is 4.74 Å². The molecule has 1 amide bonds. The summed E-state index contributed by atoms with van der Waals surface area (Å²) < 4.78 is 5.98. The van der Waals surface area contributed by atoms with Crippen molar-refractivity contribution in [3.05, 3.63) is 42.5 Å². The summed E-state index contributed by atoms with van der Waals surface area (Å²) in [4.78, 5) is 12.6. The highest BCUT2D eigenvalue weighted by atomic mass is 16.5. The van der Waals surface area contributed by atoms with Crippen molar-refractivity contribution < 1.29 is 9.53 Å². The van der Waals surface area contributed by atoms with Gasteiger partial charge in [-0.1, -0.05) is 65.0 Å². The van der Waals surface area contributed by atoms with Gasteiger partial charge >= 0.3 is 0 Å². The fourth-order valence-electron chi connectivity index (χ4n) is 3.09. The third-order valence-electron chi connectivity index (χ3n) is 4.41. The first-order chi connectivity index (χ1) is 11.4. The summed E-state index contributed by atoms with van der Waals surface area (Å²) in [6, 6.07) is 14.3. The van der Waals surface area contributed by atoms with Crippen LogP contribution in [0.3, 0.4) is 0 Å². The smallest absolute Gasteiger partial charge is 0.261 e. The maximum absolute atomic E-state index is 12.6. The van der Waals surface area contributed by atoms with Crippen LogP contribution in [0.15, 0.2) is 42.5 Å². The van der Waals surface area contributed by atoms with Crippen LogP contribution in [0.5, 0.6) is 5.75 Å². The molecule has 0 fully saturated rings. The number of carbonyl (C=O) groups excluding carboxylic acids is 1. The Morgan fingerprint density at radius 2 is 1.62 bits per heavy atom. The Labute approximate surface area is 145 Å². The Bertz CT molecular complexity index is 670. The molecule has 2 rings (SSSR count). The summed E-state index contributed by atoms with van der Waals surface area (Å²) in [5, 5.41) is 5.45. The van der Waals surface area contributed by atoms with E-state index in [-0.39, 0.29) is 11.9 Å². The number of carbonyl (C=O) groups is 1. The fraction of sp³-hybridized carbons (Fsp3) is 0.476. The third-order valence-corrected chi connectivity index (χ3v) is 4.41. The number of benzene rings is 2. The minimum atomic E-state index is -0.467. The average molecular weight is 327 g/mol. The van der Waals surface area contributed by atoms with Crippen molar-refractivity contribution in [3.63, 3.8) is 0 Å². The second-order valence-corrected chi connectivity index (χ2v) is 7.05. The predicted octanol–water partition coefficient (Wildman–Crippen LogP) is 4.79. The summed E-state index contributed by atoms with van der Waals surface area (Å²) in [7, 11) is 0. The van der Waals surface area contributed by atoms with Crippen LogP contribution in [0.1, 0.15) is 41.0 Å². The van der Waals surface area contributed by atoms with Gasteiger partial charge in [0.1, 0.15) is 5.75 Å². The minimum Gasteiger partial charge on any atom is -0.481 e. The number of nitrogens with one attached hydrogen (secondary N) is 1. The van der Waals surface area contributed by atoms with Gasteiger partial charge in [-0.2, -0.15) is 0 Å². The van der Waals surface area contributed by atoms with E-state index >= 15 is 0 Å². The SMILES string of the molecule is CC[C@@H](Oc1ccc2ccccc2c1)C(=O)NC(C(C)C)C(C)C. The van der Waals surface area contributed by atoms with E-state index in [0.29, 0.717) is 18.3 Å². The van der Waals surface area contributed by atoms with Gasteiger partial charge in [-0.25, -0.2) is 0 Å². The number of hydrogen-bond acceptors (Lipinski definition) is 2. The van der Waals surface area contributed by atoms with E-state index in [1.165, 1.54) is 5.39 Å². The van der Waals surface area contributed by atoms with Crippen LogP contribution >= 0.6 is 0 Å². The van der Waals surface area contributed by atoms with Crippen LogP contribution in [-0.4, -0.2) is 18.1 Å². The molecule has 0 aliphatic heterocycles. The largest absolute Gasteiger partial charge is 0.481 e. The van der Waals surface area contributed by atoms with Crippen LogP contribution in [0.2, 0.25) is 0 Å². The molecule has 0 bridgehead atoms. The highest BCUT2D eigenvalue weighted by Gasteiger charge is 2.25. The first-order valence-corrected chi connectivity index (χ1v) is 8.88. The lowest BCUT2D eigenvalue weighted by Gasteiger charge is -2.28. The molecule has 24 heavy (non-hydrogen) atoms. The van der Waals surface area contributed by atoms with Gasteiger partial charge in [0.2, 0.25) is 0 Å². The lowest BCUT2D eigenvalue weighted by atomic mass is 9.93. The molecule has 130 valence electrons. The monoisotopic (exact) mass is 327 g/mol. The number of fused-ring (bicyclic) bond motifs is 1. The summed E-state index contributed by atoms with van der Waals surface area (Å²) in [5.41, 5.74) is 0. The van der Waals surface area contributed by atoms with E-state index in [1.54, 1.807) is 0 Å². The van der Waals surface area contributed by atoms with Gasteiger partial charge in [0.25, 0.3) is 5.91 Å². The van der Waals surface area contributed by atoms with Gasteiger partial charge in [-0.05, 0) is 41.2 Å². The second-order valence-electron chi connectivity index (χ2n) is 7.05. The second kappa shape index (κ2) is 8.18. The molecule has 3 nitrogen and oxygen atoms in total. The third kappa shape index (κ3) is 4.50. The normalized spacial score (nSPS) is 12.8. The molecule has 0 saturated carbocycles. The van der Waals surface area contributed by atoms with E-state index < -0.39 is 6.10 Å². The Balaban J connectivity index is 2.10. The molecule has 0 aliphatic rings.